The van der Waals surface area contributed by atoms with Gasteiger partial charge < -0.3 is 14.9 Å². The molecule has 2 atom stereocenters. The van der Waals surface area contributed by atoms with Crippen LogP contribution in [0.1, 0.15) is 44.4 Å². The van der Waals surface area contributed by atoms with Crippen LogP contribution in [0.15, 0.2) is 54.0 Å². The SMILES string of the molecule is C=CC(=O)N1CCN(c2nc(=O)n(-c3c(C)ccnc3C(C)CC)c3nc(-c4c(O)cccc4F)c(F)cc23)[C@@H](C)C1. The minimum absolute atomic E-state index is 0.0347. The minimum Gasteiger partial charge on any atom is -0.507 e. The first-order valence-electron chi connectivity index (χ1n) is 13.8. The van der Waals surface area contributed by atoms with Gasteiger partial charge in [0.1, 0.15) is 23.1 Å². The van der Waals surface area contributed by atoms with Crippen LogP contribution >= 0.6 is 0 Å². The first kappa shape index (κ1) is 28.8. The van der Waals surface area contributed by atoms with Crippen LogP contribution < -0.4 is 10.6 Å². The van der Waals surface area contributed by atoms with Crippen LogP contribution in [-0.4, -0.2) is 61.1 Å². The van der Waals surface area contributed by atoms with Gasteiger partial charge in [-0.05, 0) is 56.2 Å². The number of phenols is 1. The molecule has 0 bridgehead atoms. The van der Waals surface area contributed by atoms with Gasteiger partial charge in [0.2, 0.25) is 5.91 Å². The molecule has 1 aliphatic heterocycles. The van der Waals surface area contributed by atoms with Gasteiger partial charge in [-0.3, -0.25) is 9.78 Å². The molecule has 4 aromatic rings. The first-order valence-corrected chi connectivity index (χ1v) is 13.8. The van der Waals surface area contributed by atoms with Crippen molar-refractivity contribution in [2.75, 3.05) is 24.5 Å². The van der Waals surface area contributed by atoms with E-state index in [1.165, 1.54) is 28.8 Å². The molecule has 1 fully saturated rings. The quantitative estimate of drug-likeness (QED) is 0.328. The zero-order valence-corrected chi connectivity index (χ0v) is 23.9. The molecule has 42 heavy (non-hydrogen) atoms. The Morgan fingerprint density at radius 3 is 2.64 bits per heavy atom. The number of anilines is 1. The molecule has 1 saturated heterocycles. The zero-order valence-electron chi connectivity index (χ0n) is 23.9. The molecule has 1 aliphatic rings. The van der Waals surface area contributed by atoms with E-state index in [0.29, 0.717) is 31.0 Å². The lowest BCUT2D eigenvalue weighted by Gasteiger charge is -2.40. The van der Waals surface area contributed by atoms with Crippen molar-refractivity contribution in [3.05, 3.63) is 82.6 Å². The minimum atomic E-state index is -0.894. The number of rotatable bonds is 6. The number of carbonyl (C=O) groups is 1. The third-order valence-electron chi connectivity index (χ3n) is 7.87. The summed E-state index contributed by atoms with van der Waals surface area (Å²) >= 11 is 0. The summed E-state index contributed by atoms with van der Waals surface area (Å²) in [6.07, 6.45) is 3.65. The van der Waals surface area contributed by atoms with E-state index in [2.05, 4.69) is 21.5 Å². The fourth-order valence-electron chi connectivity index (χ4n) is 5.47. The summed E-state index contributed by atoms with van der Waals surface area (Å²) < 4.78 is 32.1. The maximum absolute atomic E-state index is 15.8. The van der Waals surface area contributed by atoms with E-state index in [1.807, 2.05) is 32.6 Å². The van der Waals surface area contributed by atoms with E-state index in [0.717, 1.165) is 18.1 Å². The van der Waals surface area contributed by atoms with Crippen LogP contribution in [0.2, 0.25) is 0 Å². The van der Waals surface area contributed by atoms with Gasteiger partial charge in [0.25, 0.3) is 0 Å². The topological polar surface area (TPSA) is 104 Å². The number of nitrogens with zero attached hydrogens (tertiary/aromatic N) is 6. The fourth-order valence-corrected chi connectivity index (χ4v) is 5.47. The number of benzene rings is 1. The fraction of sp³-hybridized carbons (Fsp3) is 0.323. The summed E-state index contributed by atoms with van der Waals surface area (Å²) in [7, 11) is 0. The maximum atomic E-state index is 15.8. The molecular weight excluding hydrogens is 542 g/mol. The standard InChI is InChI=1S/C31H32F2N6O3/c1-6-17(3)26-28(18(4)11-12-34-26)39-30-20(15-22(33)27(35-30)25-21(32)9-8-10-23(25)40)29(36-31(39)42)38-14-13-37(16-19(38)5)24(41)7-2/h7-12,15,17,19,40H,2,6,13-14,16H2,1,3-5H3/t17?,19-/m0/s1. The number of piperazine rings is 1. The van der Waals surface area contributed by atoms with Gasteiger partial charge in [0.05, 0.1) is 22.3 Å². The summed E-state index contributed by atoms with van der Waals surface area (Å²) in [5.41, 5.74) is 0.359. The average Bonchev–Trinajstić information content (AvgIpc) is 2.96. The average molecular weight is 575 g/mol. The Morgan fingerprint density at radius 1 is 1.21 bits per heavy atom. The molecule has 4 heterocycles. The highest BCUT2D eigenvalue weighted by Crippen LogP contribution is 2.37. The van der Waals surface area contributed by atoms with E-state index in [4.69, 9.17) is 0 Å². The Balaban J connectivity index is 1.84. The lowest BCUT2D eigenvalue weighted by atomic mass is 10.00. The summed E-state index contributed by atoms with van der Waals surface area (Å²) in [6, 6.07) is 6.31. The van der Waals surface area contributed by atoms with Crippen molar-refractivity contribution in [3.63, 3.8) is 0 Å². The predicted molar refractivity (Wildman–Crippen MR) is 157 cm³/mol. The van der Waals surface area contributed by atoms with Crippen molar-refractivity contribution in [1.29, 1.82) is 0 Å². The van der Waals surface area contributed by atoms with Crippen molar-refractivity contribution < 1.29 is 18.7 Å². The molecule has 3 aromatic heterocycles. The van der Waals surface area contributed by atoms with Gasteiger partial charge in [-0.15, -0.1) is 0 Å². The molecule has 11 heteroatoms. The largest absolute Gasteiger partial charge is 0.507 e. The van der Waals surface area contributed by atoms with Gasteiger partial charge in [-0.2, -0.15) is 4.98 Å². The van der Waals surface area contributed by atoms with E-state index in [9.17, 15) is 19.1 Å². The normalized spacial score (nSPS) is 16.1. The zero-order chi connectivity index (χ0) is 30.3. The van der Waals surface area contributed by atoms with Crippen molar-refractivity contribution in [3.8, 4) is 22.7 Å². The Hall–Kier alpha value is -4.67. The second-order valence-electron chi connectivity index (χ2n) is 10.6. The van der Waals surface area contributed by atoms with Crippen LogP contribution in [-0.2, 0) is 4.79 Å². The van der Waals surface area contributed by atoms with Crippen LogP contribution in [0.5, 0.6) is 5.75 Å². The Morgan fingerprint density at radius 2 is 1.98 bits per heavy atom. The molecule has 1 unspecified atom stereocenters. The molecule has 0 radical (unpaired) electrons. The molecule has 9 nitrogen and oxygen atoms in total. The molecule has 1 amide bonds. The van der Waals surface area contributed by atoms with E-state index >= 15 is 4.39 Å². The molecule has 0 spiro atoms. The predicted octanol–water partition coefficient (Wildman–Crippen LogP) is 4.87. The second-order valence-corrected chi connectivity index (χ2v) is 10.6. The highest BCUT2D eigenvalue weighted by atomic mass is 19.1. The van der Waals surface area contributed by atoms with Crippen LogP contribution in [0.25, 0.3) is 28.0 Å². The van der Waals surface area contributed by atoms with Crippen molar-refractivity contribution >= 4 is 22.8 Å². The lowest BCUT2D eigenvalue weighted by molar-refractivity contribution is -0.126. The third kappa shape index (κ3) is 4.88. The third-order valence-corrected chi connectivity index (χ3v) is 7.87. The number of aromatic nitrogens is 4. The van der Waals surface area contributed by atoms with Gasteiger partial charge in [-0.25, -0.2) is 23.1 Å². The number of pyridine rings is 2. The highest BCUT2D eigenvalue weighted by molar-refractivity contribution is 5.91. The Kier molecular flexibility index (Phi) is 7.77. The number of aromatic hydroxyl groups is 1. The number of phenolic OH excluding ortho intramolecular Hbond substituents is 1. The highest BCUT2D eigenvalue weighted by Gasteiger charge is 2.31. The monoisotopic (exact) mass is 574 g/mol. The van der Waals surface area contributed by atoms with Gasteiger partial charge in [0.15, 0.2) is 11.5 Å². The van der Waals surface area contributed by atoms with Gasteiger partial charge >= 0.3 is 5.69 Å². The number of aryl methyl sites for hydroxylation is 1. The molecule has 5 rings (SSSR count). The van der Waals surface area contributed by atoms with Crippen LogP contribution in [0.3, 0.4) is 0 Å². The second kappa shape index (κ2) is 11.3. The number of carbonyl (C=O) groups excluding carboxylic acids is 1. The number of amides is 1. The van der Waals surface area contributed by atoms with E-state index < -0.39 is 34.3 Å². The number of hydrogen-bond acceptors (Lipinski definition) is 7. The molecule has 1 N–H and O–H groups in total. The van der Waals surface area contributed by atoms with Gasteiger partial charge in [0, 0.05) is 37.8 Å². The molecule has 218 valence electrons. The number of hydrogen-bond donors (Lipinski definition) is 1. The summed E-state index contributed by atoms with van der Waals surface area (Å²) in [6.45, 7) is 12.3. The molecule has 1 aromatic carbocycles. The number of halogens is 2. The van der Waals surface area contributed by atoms with Gasteiger partial charge in [-0.1, -0.05) is 26.5 Å². The lowest BCUT2D eigenvalue weighted by Crippen LogP contribution is -2.54. The summed E-state index contributed by atoms with van der Waals surface area (Å²) in [5.74, 6) is -2.29. The molecule has 0 saturated carbocycles. The number of fused-ring (bicyclic) bond motifs is 1. The summed E-state index contributed by atoms with van der Waals surface area (Å²) in [5, 5.41) is 10.7. The summed E-state index contributed by atoms with van der Waals surface area (Å²) in [4.78, 5) is 43.2. The van der Waals surface area contributed by atoms with Crippen LogP contribution in [0, 0.1) is 18.6 Å². The first-order chi connectivity index (χ1) is 20.1. The van der Waals surface area contributed by atoms with Crippen molar-refractivity contribution in [2.24, 2.45) is 0 Å². The van der Waals surface area contributed by atoms with E-state index in [-0.39, 0.29) is 34.7 Å². The maximum Gasteiger partial charge on any atom is 0.355 e. The van der Waals surface area contributed by atoms with E-state index in [1.54, 1.807) is 17.2 Å². The van der Waals surface area contributed by atoms with Crippen molar-refractivity contribution in [2.45, 2.75) is 46.1 Å². The Bertz CT molecular complexity index is 1750. The van der Waals surface area contributed by atoms with Crippen molar-refractivity contribution in [1.82, 2.24) is 24.4 Å². The molecular formula is C31H32F2N6O3. The smallest absolute Gasteiger partial charge is 0.355 e. The molecule has 0 aliphatic carbocycles. The van der Waals surface area contributed by atoms with Crippen LogP contribution in [0.4, 0.5) is 14.6 Å². The Labute approximate surface area is 241 Å².